The lowest BCUT2D eigenvalue weighted by Gasteiger charge is -2.29. The molecule has 1 aliphatic heterocycles. The maximum absolute atomic E-state index is 11.5. The fourth-order valence-electron chi connectivity index (χ4n) is 3.01. The van der Waals surface area contributed by atoms with E-state index in [0.29, 0.717) is 6.04 Å². The van der Waals surface area contributed by atoms with Crippen molar-refractivity contribution in [1.29, 1.82) is 0 Å². The van der Waals surface area contributed by atoms with Crippen molar-refractivity contribution < 1.29 is 8.42 Å². The van der Waals surface area contributed by atoms with Gasteiger partial charge in [0.25, 0.3) is 0 Å². The van der Waals surface area contributed by atoms with Gasteiger partial charge in [-0.05, 0) is 38.4 Å². The SMILES string of the molecule is CC(CS(C)(=O)=O)N1CCCNC(Cc2ccccc2)C1. The van der Waals surface area contributed by atoms with Crippen molar-refractivity contribution >= 4 is 9.84 Å². The zero-order chi connectivity index (χ0) is 15.3. The maximum atomic E-state index is 11.5. The first-order valence-corrected chi connectivity index (χ1v) is 9.69. The predicted octanol–water partition coefficient (Wildman–Crippen LogP) is 1.33. The minimum atomic E-state index is -2.92. The van der Waals surface area contributed by atoms with Gasteiger partial charge in [0, 0.05) is 24.9 Å². The lowest BCUT2D eigenvalue weighted by atomic mass is 10.1. The Balaban J connectivity index is 1.97. The van der Waals surface area contributed by atoms with Gasteiger partial charge in [-0.2, -0.15) is 0 Å². The summed E-state index contributed by atoms with van der Waals surface area (Å²) in [5.41, 5.74) is 1.33. The molecule has 1 N–H and O–H groups in total. The number of nitrogens with zero attached hydrogens (tertiary/aromatic N) is 1. The van der Waals surface area contributed by atoms with E-state index in [2.05, 4.69) is 34.5 Å². The normalized spacial score (nSPS) is 22.7. The molecule has 0 aliphatic carbocycles. The molecule has 2 atom stereocenters. The van der Waals surface area contributed by atoms with E-state index in [0.717, 1.165) is 32.5 Å². The van der Waals surface area contributed by atoms with Crippen molar-refractivity contribution in [1.82, 2.24) is 10.2 Å². The molecule has 0 bridgehead atoms. The largest absolute Gasteiger partial charge is 0.312 e. The third-order valence-corrected chi connectivity index (χ3v) is 5.09. The van der Waals surface area contributed by atoms with Crippen LogP contribution in [0.3, 0.4) is 0 Å². The predicted molar refractivity (Wildman–Crippen MR) is 87.3 cm³/mol. The Kier molecular flexibility index (Phi) is 5.79. The Hall–Kier alpha value is -0.910. The van der Waals surface area contributed by atoms with E-state index in [4.69, 9.17) is 0 Å². The van der Waals surface area contributed by atoms with Crippen molar-refractivity contribution in [3.05, 3.63) is 35.9 Å². The quantitative estimate of drug-likeness (QED) is 0.891. The summed E-state index contributed by atoms with van der Waals surface area (Å²) in [5.74, 6) is 0.241. The van der Waals surface area contributed by atoms with E-state index in [1.54, 1.807) is 0 Å². The second-order valence-electron chi connectivity index (χ2n) is 6.13. The molecule has 118 valence electrons. The van der Waals surface area contributed by atoms with Crippen LogP contribution in [-0.2, 0) is 16.3 Å². The standard InChI is InChI=1S/C16H26N2O2S/c1-14(13-21(2,19)20)18-10-6-9-17-16(12-18)11-15-7-4-3-5-8-15/h3-5,7-8,14,16-17H,6,9-13H2,1-2H3. The first-order valence-electron chi connectivity index (χ1n) is 7.63. The molecule has 0 radical (unpaired) electrons. The molecule has 1 aromatic carbocycles. The number of hydrogen-bond donors (Lipinski definition) is 1. The van der Waals surface area contributed by atoms with Crippen LogP contribution in [0, 0.1) is 0 Å². The molecule has 21 heavy (non-hydrogen) atoms. The van der Waals surface area contributed by atoms with Gasteiger partial charge < -0.3 is 5.32 Å². The monoisotopic (exact) mass is 310 g/mol. The average molecular weight is 310 g/mol. The molecule has 1 heterocycles. The van der Waals surface area contributed by atoms with Crippen LogP contribution >= 0.6 is 0 Å². The Morgan fingerprint density at radius 2 is 2.05 bits per heavy atom. The number of hydrogen-bond acceptors (Lipinski definition) is 4. The molecule has 5 heteroatoms. The van der Waals surface area contributed by atoms with Crippen LogP contribution < -0.4 is 5.32 Å². The van der Waals surface area contributed by atoms with Crippen LogP contribution in [0.1, 0.15) is 18.9 Å². The second kappa shape index (κ2) is 7.38. The van der Waals surface area contributed by atoms with Crippen molar-refractivity contribution in [2.45, 2.75) is 31.8 Å². The third-order valence-electron chi connectivity index (χ3n) is 4.00. The highest BCUT2D eigenvalue weighted by molar-refractivity contribution is 7.90. The number of rotatable bonds is 5. The number of nitrogens with one attached hydrogen (secondary N) is 1. The highest BCUT2D eigenvalue weighted by Gasteiger charge is 2.23. The van der Waals surface area contributed by atoms with E-state index >= 15 is 0 Å². The highest BCUT2D eigenvalue weighted by Crippen LogP contribution is 2.11. The first kappa shape index (κ1) is 16.5. The van der Waals surface area contributed by atoms with Crippen molar-refractivity contribution in [3.8, 4) is 0 Å². The van der Waals surface area contributed by atoms with Gasteiger partial charge in [-0.25, -0.2) is 8.42 Å². The zero-order valence-electron chi connectivity index (χ0n) is 13.0. The fraction of sp³-hybridized carbons (Fsp3) is 0.625. The summed E-state index contributed by atoms with van der Waals surface area (Å²) in [6, 6.07) is 10.9. The topological polar surface area (TPSA) is 49.4 Å². The van der Waals surface area contributed by atoms with E-state index in [9.17, 15) is 8.42 Å². The van der Waals surface area contributed by atoms with Crippen LogP contribution in [0.5, 0.6) is 0 Å². The Labute approximate surface area is 128 Å². The van der Waals surface area contributed by atoms with Crippen molar-refractivity contribution in [3.63, 3.8) is 0 Å². The van der Waals surface area contributed by atoms with Crippen LogP contribution in [0.4, 0.5) is 0 Å². The van der Waals surface area contributed by atoms with E-state index < -0.39 is 9.84 Å². The maximum Gasteiger partial charge on any atom is 0.148 e. The molecule has 1 fully saturated rings. The zero-order valence-corrected chi connectivity index (χ0v) is 13.8. The van der Waals surface area contributed by atoms with Gasteiger partial charge in [-0.15, -0.1) is 0 Å². The summed E-state index contributed by atoms with van der Waals surface area (Å²) in [7, 11) is -2.92. The summed E-state index contributed by atoms with van der Waals surface area (Å²) in [6.45, 7) is 4.89. The highest BCUT2D eigenvalue weighted by atomic mass is 32.2. The number of sulfone groups is 1. The molecule has 4 nitrogen and oxygen atoms in total. The molecular formula is C16H26N2O2S. The summed E-state index contributed by atoms with van der Waals surface area (Å²) < 4.78 is 23.0. The van der Waals surface area contributed by atoms with Gasteiger partial charge in [0.1, 0.15) is 9.84 Å². The molecular weight excluding hydrogens is 284 g/mol. The molecule has 1 aliphatic rings. The summed E-state index contributed by atoms with van der Waals surface area (Å²) >= 11 is 0. The molecule has 1 aromatic rings. The average Bonchev–Trinajstić information content (AvgIpc) is 2.64. The van der Waals surface area contributed by atoms with Crippen LogP contribution in [0.15, 0.2) is 30.3 Å². The molecule has 0 spiro atoms. The van der Waals surface area contributed by atoms with Crippen molar-refractivity contribution in [2.24, 2.45) is 0 Å². The summed E-state index contributed by atoms with van der Waals surface area (Å²) in [5, 5.41) is 3.59. The fourth-order valence-corrected chi connectivity index (χ4v) is 4.09. The smallest absolute Gasteiger partial charge is 0.148 e. The van der Waals surface area contributed by atoms with Gasteiger partial charge in [-0.3, -0.25) is 4.90 Å². The second-order valence-corrected chi connectivity index (χ2v) is 8.32. The van der Waals surface area contributed by atoms with E-state index in [-0.39, 0.29) is 11.8 Å². The van der Waals surface area contributed by atoms with Gasteiger partial charge in [0.05, 0.1) is 5.75 Å². The number of benzene rings is 1. The van der Waals surface area contributed by atoms with Gasteiger partial charge in [0.2, 0.25) is 0 Å². The minimum absolute atomic E-state index is 0.0816. The van der Waals surface area contributed by atoms with Crippen molar-refractivity contribution in [2.75, 3.05) is 31.6 Å². The van der Waals surface area contributed by atoms with E-state index in [1.165, 1.54) is 11.8 Å². The molecule has 2 rings (SSSR count). The first-order chi connectivity index (χ1) is 9.94. The minimum Gasteiger partial charge on any atom is -0.312 e. The lowest BCUT2D eigenvalue weighted by Crippen LogP contribution is -2.44. The molecule has 0 saturated carbocycles. The molecule has 2 unspecified atom stereocenters. The Morgan fingerprint density at radius 1 is 1.33 bits per heavy atom. The summed E-state index contributed by atoms with van der Waals surface area (Å²) in [6.07, 6.45) is 3.38. The Morgan fingerprint density at radius 3 is 2.71 bits per heavy atom. The van der Waals surface area contributed by atoms with Crippen LogP contribution in [0.25, 0.3) is 0 Å². The van der Waals surface area contributed by atoms with Gasteiger partial charge in [0.15, 0.2) is 0 Å². The molecule has 0 amide bonds. The van der Waals surface area contributed by atoms with Gasteiger partial charge >= 0.3 is 0 Å². The summed E-state index contributed by atoms with van der Waals surface area (Å²) in [4.78, 5) is 2.31. The molecule has 0 aromatic heterocycles. The van der Waals surface area contributed by atoms with E-state index in [1.807, 2.05) is 13.0 Å². The lowest BCUT2D eigenvalue weighted by molar-refractivity contribution is 0.219. The van der Waals surface area contributed by atoms with Gasteiger partial charge in [-0.1, -0.05) is 30.3 Å². The third kappa shape index (κ3) is 5.77. The molecule has 1 saturated heterocycles. The van der Waals surface area contributed by atoms with Crippen LogP contribution in [-0.4, -0.2) is 57.0 Å². The van der Waals surface area contributed by atoms with Crippen LogP contribution in [0.2, 0.25) is 0 Å². The Bertz CT molecular complexity index is 530.